The lowest BCUT2D eigenvalue weighted by atomic mass is 10.2. The highest BCUT2D eigenvalue weighted by atomic mass is 16.6. The summed E-state index contributed by atoms with van der Waals surface area (Å²) >= 11 is 0. The van der Waals surface area contributed by atoms with Gasteiger partial charge in [0.1, 0.15) is 12.2 Å². The fourth-order valence-corrected chi connectivity index (χ4v) is 1.61. The fraction of sp³-hybridized carbons (Fsp3) is 0.500. The third kappa shape index (κ3) is 7.97. The third-order valence-corrected chi connectivity index (χ3v) is 2.48. The highest BCUT2D eigenvalue weighted by Crippen LogP contribution is 2.07. The predicted molar refractivity (Wildman–Crippen MR) is 79.7 cm³/mol. The molecular formula is C16H23NO4. The van der Waals surface area contributed by atoms with Gasteiger partial charge < -0.3 is 14.8 Å². The van der Waals surface area contributed by atoms with E-state index in [1.165, 1.54) is 0 Å². The van der Waals surface area contributed by atoms with E-state index in [1.807, 2.05) is 30.3 Å². The van der Waals surface area contributed by atoms with Gasteiger partial charge in [-0.05, 0) is 33.3 Å². The number of hydrogen-bond acceptors (Lipinski definition) is 4. The monoisotopic (exact) mass is 293 g/mol. The second-order valence-electron chi connectivity index (χ2n) is 5.90. The molecule has 0 unspecified atom stereocenters. The molecule has 0 radical (unpaired) electrons. The Bertz CT molecular complexity index is 465. The van der Waals surface area contributed by atoms with Gasteiger partial charge in [0.25, 0.3) is 0 Å². The van der Waals surface area contributed by atoms with E-state index >= 15 is 0 Å². The topological polar surface area (TPSA) is 64.6 Å². The molecule has 0 saturated carbocycles. The van der Waals surface area contributed by atoms with Crippen LogP contribution in [0.15, 0.2) is 30.3 Å². The zero-order chi connectivity index (χ0) is 15.9. The first kappa shape index (κ1) is 17.0. The molecule has 0 heterocycles. The summed E-state index contributed by atoms with van der Waals surface area (Å²) < 4.78 is 10.3. The van der Waals surface area contributed by atoms with Crippen LogP contribution >= 0.6 is 0 Å². The standard InChI is InChI=1S/C16H23NO4/c1-12(17-15(19)21-16(2,3)4)10-14(18)20-11-13-8-6-5-7-9-13/h5-9,12H,10-11H2,1-4H3,(H,17,19)/t12-/m1/s1. The summed E-state index contributed by atoms with van der Waals surface area (Å²) in [6.45, 7) is 7.31. The Morgan fingerprint density at radius 2 is 1.81 bits per heavy atom. The predicted octanol–water partition coefficient (Wildman–Crippen LogP) is 3.03. The quantitative estimate of drug-likeness (QED) is 0.847. The lowest BCUT2D eigenvalue weighted by Gasteiger charge is -2.21. The van der Waals surface area contributed by atoms with E-state index in [0.29, 0.717) is 0 Å². The van der Waals surface area contributed by atoms with Crippen molar-refractivity contribution in [1.82, 2.24) is 5.32 Å². The number of alkyl carbamates (subject to hydrolysis) is 1. The summed E-state index contributed by atoms with van der Waals surface area (Å²) in [5.74, 6) is -0.359. The van der Waals surface area contributed by atoms with Crippen LogP contribution in [0.4, 0.5) is 4.79 Å². The van der Waals surface area contributed by atoms with Gasteiger partial charge in [-0.2, -0.15) is 0 Å². The number of carbonyl (C=O) groups is 2. The van der Waals surface area contributed by atoms with Crippen LogP contribution in [-0.2, 0) is 20.9 Å². The highest BCUT2D eigenvalue weighted by molar-refractivity contribution is 5.72. The SMILES string of the molecule is C[C@H](CC(=O)OCc1ccccc1)NC(=O)OC(C)(C)C. The minimum Gasteiger partial charge on any atom is -0.461 e. The number of esters is 1. The van der Waals surface area contributed by atoms with Crippen LogP contribution in [0.1, 0.15) is 39.7 Å². The summed E-state index contributed by atoms with van der Waals surface area (Å²) in [6.07, 6.45) is -0.433. The zero-order valence-corrected chi connectivity index (χ0v) is 13.0. The van der Waals surface area contributed by atoms with Gasteiger partial charge in [0.2, 0.25) is 0 Å². The summed E-state index contributed by atoms with van der Waals surface area (Å²) in [4.78, 5) is 23.2. The van der Waals surface area contributed by atoms with Gasteiger partial charge in [-0.1, -0.05) is 30.3 Å². The Labute approximate surface area is 125 Å². The van der Waals surface area contributed by atoms with Gasteiger partial charge in [-0.15, -0.1) is 0 Å². The van der Waals surface area contributed by atoms with Crippen LogP contribution in [0.25, 0.3) is 0 Å². The molecule has 0 spiro atoms. The Balaban J connectivity index is 2.29. The Kier molecular flexibility index (Phi) is 6.21. The maximum atomic E-state index is 11.7. The van der Waals surface area contributed by atoms with Crippen molar-refractivity contribution in [3.8, 4) is 0 Å². The van der Waals surface area contributed by atoms with Gasteiger partial charge in [0, 0.05) is 6.04 Å². The molecule has 5 nitrogen and oxygen atoms in total. The van der Waals surface area contributed by atoms with Gasteiger partial charge in [0.15, 0.2) is 0 Å². The number of nitrogens with one attached hydrogen (secondary N) is 1. The number of rotatable bonds is 5. The molecule has 1 N–H and O–H groups in total. The van der Waals surface area contributed by atoms with Crippen LogP contribution in [0.5, 0.6) is 0 Å². The van der Waals surface area contributed by atoms with Crippen molar-refractivity contribution in [2.45, 2.75) is 52.4 Å². The second kappa shape index (κ2) is 7.67. The minimum absolute atomic E-state index is 0.103. The Morgan fingerprint density at radius 1 is 1.19 bits per heavy atom. The van der Waals surface area contributed by atoms with Crippen molar-refractivity contribution in [3.05, 3.63) is 35.9 Å². The zero-order valence-electron chi connectivity index (χ0n) is 13.0. The first-order valence-electron chi connectivity index (χ1n) is 6.95. The molecule has 1 aromatic rings. The van der Waals surface area contributed by atoms with Crippen LogP contribution in [0.3, 0.4) is 0 Å². The number of ether oxygens (including phenoxy) is 2. The molecule has 116 valence electrons. The molecule has 21 heavy (non-hydrogen) atoms. The van der Waals surface area contributed by atoms with Gasteiger partial charge in [-0.3, -0.25) is 4.79 Å². The first-order valence-corrected chi connectivity index (χ1v) is 6.95. The molecule has 0 saturated heterocycles. The largest absolute Gasteiger partial charge is 0.461 e. The molecule has 1 atom stereocenters. The molecule has 1 aromatic carbocycles. The Morgan fingerprint density at radius 3 is 2.38 bits per heavy atom. The van der Waals surface area contributed by atoms with Crippen molar-refractivity contribution in [3.63, 3.8) is 0 Å². The maximum absolute atomic E-state index is 11.7. The van der Waals surface area contributed by atoms with E-state index in [0.717, 1.165) is 5.56 Å². The average molecular weight is 293 g/mol. The van der Waals surface area contributed by atoms with E-state index in [9.17, 15) is 9.59 Å². The van der Waals surface area contributed by atoms with E-state index in [4.69, 9.17) is 9.47 Å². The highest BCUT2D eigenvalue weighted by Gasteiger charge is 2.19. The van der Waals surface area contributed by atoms with Crippen molar-refractivity contribution >= 4 is 12.1 Å². The Hall–Kier alpha value is -2.04. The molecule has 5 heteroatoms. The summed E-state index contributed by atoms with van der Waals surface area (Å²) in [5.41, 5.74) is 0.371. The first-order chi connectivity index (χ1) is 9.76. The molecule has 0 fully saturated rings. The number of benzene rings is 1. The van der Waals surface area contributed by atoms with Crippen LogP contribution in [-0.4, -0.2) is 23.7 Å². The lowest BCUT2D eigenvalue weighted by molar-refractivity contribution is -0.145. The van der Waals surface area contributed by atoms with Crippen LogP contribution in [0, 0.1) is 0 Å². The molecule has 0 aromatic heterocycles. The smallest absolute Gasteiger partial charge is 0.407 e. The lowest BCUT2D eigenvalue weighted by Crippen LogP contribution is -2.38. The molecule has 1 rings (SSSR count). The summed E-state index contributed by atoms with van der Waals surface area (Å²) in [6, 6.07) is 9.10. The number of hydrogen-bond donors (Lipinski definition) is 1. The average Bonchev–Trinajstić information content (AvgIpc) is 2.35. The van der Waals surface area contributed by atoms with Crippen molar-refractivity contribution in [2.75, 3.05) is 0 Å². The van der Waals surface area contributed by atoms with E-state index in [2.05, 4.69) is 5.32 Å². The molecular weight excluding hydrogens is 270 g/mol. The third-order valence-electron chi connectivity index (χ3n) is 2.48. The molecule has 0 aliphatic carbocycles. The van der Waals surface area contributed by atoms with E-state index < -0.39 is 11.7 Å². The van der Waals surface area contributed by atoms with Crippen molar-refractivity contribution in [2.24, 2.45) is 0 Å². The summed E-state index contributed by atoms with van der Waals surface area (Å²) in [7, 11) is 0. The van der Waals surface area contributed by atoms with Gasteiger partial charge in [-0.25, -0.2) is 4.79 Å². The normalized spacial score (nSPS) is 12.4. The molecule has 0 aliphatic heterocycles. The number of amides is 1. The summed E-state index contributed by atoms with van der Waals surface area (Å²) in [5, 5.41) is 2.60. The number of carbonyl (C=O) groups excluding carboxylic acids is 2. The van der Waals surface area contributed by atoms with Gasteiger partial charge >= 0.3 is 12.1 Å². The molecule has 1 amide bonds. The van der Waals surface area contributed by atoms with E-state index in [1.54, 1.807) is 27.7 Å². The second-order valence-corrected chi connectivity index (χ2v) is 5.90. The van der Waals surface area contributed by atoms with Crippen LogP contribution < -0.4 is 5.32 Å². The molecule has 0 bridgehead atoms. The fourth-order valence-electron chi connectivity index (χ4n) is 1.61. The molecule has 0 aliphatic rings. The van der Waals surface area contributed by atoms with Crippen molar-refractivity contribution in [1.29, 1.82) is 0 Å². The van der Waals surface area contributed by atoms with Crippen molar-refractivity contribution < 1.29 is 19.1 Å². The van der Waals surface area contributed by atoms with E-state index in [-0.39, 0.29) is 25.0 Å². The van der Waals surface area contributed by atoms with Gasteiger partial charge in [0.05, 0.1) is 6.42 Å². The maximum Gasteiger partial charge on any atom is 0.407 e. The minimum atomic E-state index is -0.558. The van der Waals surface area contributed by atoms with Crippen LogP contribution in [0.2, 0.25) is 0 Å².